The Bertz CT molecular complexity index is 1400. The first-order valence-corrected chi connectivity index (χ1v) is 10.0. The van der Waals surface area contributed by atoms with Gasteiger partial charge in [-0.05, 0) is 75.8 Å². The Labute approximate surface area is 180 Å². The van der Waals surface area contributed by atoms with Gasteiger partial charge in [-0.25, -0.2) is 0 Å². The van der Waals surface area contributed by atoms with Crippen molar-refractivity contribution >= 4 is 33.1 Å². The van der Waals surface area contributed by atoms with Crippen LogP contribution in [-0.4, -0.2) is 18.0 Å². The second-order valence-electron chi connectivity index (χ2n) is 7.36. The number of rotatable bonds is 4. The lowest BCUT2D eigenvalue weighted by molar-refractivity contribution is 0.102. The van der Waals surface area contributed by atoms with Crippen LogP contribution in [0.2, 0.25) is 0 Å². The van der Waals surface area contributed by atoms with E-state index in [0.717, 1.165) is 33.2 Å². The Balaban J connectivity index is 1.44. The van der Waals surface area contributed by atoms with E-state index in [9.17, 15) is 4.79 Å². The molecule has 150 valence electrons. The number of benzene rings is 4. The van der Waals surface area contributed by atoms with Gasteiger partial charge in [0, 0.05) is 29.0 Å². The van der Waals surface area contributed by atoms with E-state index in [1.165, 1.54) is 10.9 Å². The van der Waals surface area contributed by atoms with Crippen LogP contribution in [0.15, 0.2) is 97.3 Å². The van der Waals surface area contributed by atoms with Gasteiger partial charge in [0.15, 0.2) is 0 Å². The monoisotopic (exact) mass is 404 g/mol. The molecule has 1 N–H and O–H groups in total. The van der Waals surface area contributed by atoms with Crippen molar-refractivity contribution in [2.75, 3.05) is 12.4 Å². The molecule has 0 bridgehead atoms. The number of amides is 1. The zero-order valence-corrected chi connectivity index (χ0v) is 17.0. The fourth-order valence-corrected chi connectivity index (χ4v) is 3.81. The molecule has 5 aromatic rings. The minimum Gasteiger partial charge on any atom is -0.497 e. The van der Waals surface area contributed by atoms with Crippen molar-refractivity contribution in [1.82, 2.24) is 4.98 Å². The van der Waals surface area contributed by atoms with Crippen molar-refractivity contribution in [3.63, 3.8) is 0 Å². The molecule has 5 rings (SSSR count). The van der Waals surface area contributed by atoms with Gasteiger partial charge in [0.2, 0.25) is 0 Å². The third-order valence-electron chi connectivity index (χ3n) is 5.44. The number of carbonyl (C=O) groups excluding carboxylic acids is 1. The van der Waals surface area contributed by atoms with Crippen molar-refractivity contribution in [3.8, 4) is 16.9 Å². The Morgan fingerprint density at radius 2 is 1.65 bits per heavy atom. The minimum absolute atomic E-state index is 0.150. The lowest BCUT2D eigenvalue weighted by atomic mass is 9.97. The highest BCUT2D eigenvalue weighted by Gasteiger charge is 2.08. The first kappa shape index (κ1) is 18.8. The van der Waals surface area contributed by atoms with Crippen molar-refractivity contribution in [3.05, 3.63) is 103 Å². The molecule has 0 spiro atoms. The molecule has 0 atom stereocenters. The number of nitrogens with one attached hydrogen (secondary N) is 1. The van der Waals surface area contributed by atoms with E-state index in [1.54, 1.807) is 31.4 Å². The van der Waals surface area contributed by atoms with Crippen LogP contribution in [0, 0.1) is 0 Å². The van der Waals surface area contributed by atoms with E-state index in [1.807, 2.05) is 36.7 Å². The van der Waals surface area contributed by atoms with Crippen molar-refractivity contribution in [2.24, 2.45) is 0 Å². The smallest absolute Gasteiger partial charge is 0.255 e. The molecule has 4 aromatic carbocycles. The van der Waals surface area contributed by atoms with Gasteiger partial charge in [0.1, 0.15) is 5.75 Å². The Morgan fingerprint density at radius 3 is 2.48 bits per heavy atom. The second-order valence-corrected chi connectivity index (χ2v) is 7.36. The van der Waals surface area contributed by atoms with Gasteiger partial charge in [-0.2, -0.15) is 0 Å². The van der Waals surface area contributed by atoms with Crippen LogP contribution in [0.4, 0.5) is 5.69 Å². The summed E-state index contributed by atoms with van der Waals surface area (Å²) in [5, 5.41) is 7.46. The maximum Gasteiger partial charge on any atom is 0.255 e. The molecule has 0 aliphatic carbocycles. The van der Waals surface area contributed by atoms with Crippen molar-refractivity contribution in [2.45, 2.75) is 0 Å². The molecule has 0 fully saturated rings. The second kappa shape index (κ2) is 7.92. The van der Waals surface area contributed by atoms with E-state index in [2.05, 4.69) is 46.7 Å². The quantitative estimate of drug-likeness (QED) is 0.381. The topological polar surface area (TPSA) is 51.2 Å². The zero-order chi connectivity index (χ0) is 21.2. The van der Waals surface area contributed by atoms with E-state index >= 15 is 0 Å². The number of ether oxygens (including phenoxy) is 1. The number of hydrogen-bond acceptors (Lipinski definition) is 3. The predicted octanol–water partition coefficient (Wildman–Crippen LogP) is 6.32. The zero-order valence-electron chi connectivity index (χ0n) is 17.0. The number of pyridine rings is 1. The molecule has 4 heteroatoms. The number of carbonyl (C=O) groups is 1. The summed E-state index contributed by atoms with van der Waals surface area (Å²) in [5.74, 6) is 0.573. The van der Waals surface area contributed by atoms with Crippen molar-refractivity contribution < 1.29 is 9.53 Å². The van der Waals surface area contributed by atoms with Crippen LogP contribution < -0.4 is 10.1 Å². The molecule has 0 unspecified atom stereocenters. The highest BCUT2D eigenvalue weighted by atomic mass is 16.5. The van der Waals surface area contributed by atoms with Crippen LogP contribution >= 0.6 is 0 Å². The number of nitrogens with zero attached hydrogens (tertiary/aromatic N) is 1. The van der Waals surface area contributed by atoms with Gasteiger partial charge >= 0.3 is 0 Å². The lowest BCUT2D eigenvalue weighted by Crippen LogP contribution is -2.11. The summed E-state index contributed by atoms with van der Waals surface area (Å²) in [7, 11) is 1.60. The maximum atomic E-state index is 12.6. The average Bonchev–Trinajstić information content (AvgIpc) is 2.83. The summed E-state index contributed by atoms with van der Waals surface area (Å²) < 4.78 is 5.15. The van der Waals surface area contributed by atoms with Gasteiger partial charge < -0.3 is 10.1 Å². The molecule has 0 radical (unpaired) electrons. The van der Waals surface area contributed by atoms with Crippen molar-refractivity contribution in [1.29, 1.82) is 0 Å². The van der Waals surface area contributed by atoms with Crippen LogP contribution in [0.1, 0.15) is 10.4 Å². The predicted molar refractivity (Wildman–Crippen MR) is 126 cm³/mol. The number of hydrogen-bond donors (Lipinski definition) is 1. The average molecular weight is 404 g/mol. The Kier molecular flexibility index (Phi) is 4.81. The molecule has 0 aliphatic heterocycles. The molecule has 4 nitrogen and oxygen atoms in total. The standard InChI is InChI=1S/C27H20N2O2/c1-31-24-11-8-18(9-12-24)27(30)29-23-10-7-19-15-21(6-5-20(19)16-23)25-4-2-3-22-17-28-14-13-26(22)25/h2-17H,1H3,(H,29,30). The fraction of sp³-hybridized carbons (Fsp3) is 0.0370. The van der Waals surface area contributed by atoms with Gasteiger partial charge in [-0.15, -0.1) is 0 Å². The van der Waals surface area contributed by atoms with E-state index < -0.39 is 0 Å². The van der Waals surface area contributed by atoms with E-state index in [0.29, 0.717) is 5.56 Å². The maximum absolute atomic E-state index is 12.6. The highest BCUT2D eigenvalue weighted by molar-refractivity contribution is 6.05. The summed E-state index contributed by atoms with van der Waals surface area (Å²) in [4.78, 5) is 16.8. The SMILES string of the molecule is COc1ccc(C(=O)Nc2ccc3cc(-c4cccc5cnccc45)ccc3c2)cc1. The molecular formula is C27H20N2O2. The number of anilines is 1. The molecule has 31 heavy (non-hydrogen) atoms. The first-order valence-electron chi connectivity index (χ1n) is 10.0. The molecule has 1 amide bonds. The summed E-state index contributed by atoms with van der Waals surface area (Å²) >= 11 is 0. The van der Waals surface area contributed by atoms with Crippen LogP contribution in [0.25, 0.3) is 32.7 Å². The van der Waals surface area contributed by atoms with Gasteiger partial charge in [-0.3, -0.25) is 9.78 Å². The lowest BCUT2D eigenvalue weighted by Gasteiger charge is -2.10. The molecule has 0 saturated heterocycles. The molecular weight excluding hydrogens is 384 g/mol. The molecule has 0 aliphatic rings. The fourth-order valence-electron chi connectivity index (χ4n) is 3.81. The Morgan fingerprint density at radius 1 is 0.839 bits per heavy atom. The summed E-state index contributed by atoms with van der Waals surface area (Å²) in [6.07, 6.45) is 3.71. The van der Waals surface area contributed by atoms with Crippen LogP contribution in [0.5, 0.6) is 5.75 Å². The normalized spacial score (nSPS) is 10.9. The van der Waals surface area contributed by atoms with Crippen LogP contribution in [-0.2, 0) is 0 Å². The van der Waals surface area contributed by atoms with E-state index in [-0.39, 0.29) is 5.91 Å². The minimum atomic E-state index is -0.150. The number of methoxy groups -OCH3 is 1. The third kappa shape index (κ3) is 3.71. The molecule has 1 heterocycles. The third-order valence-corrected chi connectivity index (χ3v) is 5.44. The van der Waals surface area contributed by atoms with Gasteiger partial charge in [0.05, 0.1) is 7.11 Å². The largest absolute Gasteiger partial charge is 0.497 e. The first-order chi connectivity index (χ1) is 15.2. The van der Waals surface area contributed by atoms with Gasteiger partial charge in [-0.1, -0.05) is 36.4 Å². The summed E-state index contributed by atoms with van der Waals surface area (Å²) in [6, 6.07) is 27.7. The van der Waals surface area contributed by atoms with Gasteiger partial charge in [0.25, 0.3) is 5.91 Å². The Hall–Kier alpha value is -4.18. The summed E-state index contributed by atoms with van der Waals surface area (Å²) in [6.45, 7) is 0. The molecule has 0 saturated carbocycles. The number of fused-ring (bicyclic) bond motifs is 2. The van der Waals surface area contributed by atoms with Crippen LogP contribution in [0.3, 0.4) is 0 Å². The number of aromatic nitrogens is 1. The summed E-state index contributed by atoms with van der Waals surface area (Å²) in [5.41, 5.74) is 3.68. The highest BCUT2D eigenvalue weighted by Crippen LogP contribution is 2.31. The van der Waals surface area contributed by atoms with E-state index in [4.69, 9.17) is 4.74 Å². The molecule has 1 aromatic heterocycles.